The first kappa shape index (κ1) is 11.4. The van der Waals surface area contributed by atoms with E-state index in [0.29, 0.717) is 6.08 Å². The van der Waals surface area contributed by atoms with Crippen molar-refractivity contribution in [1.29, 1.82) is 0 Å². The van der Waals surface area contributed by atoms with Gasteiger partial charge in [-0.25, -0.2) is 9.18 Å². The Balaban J connectivity index is 3.01. The van der Waals surface area contributed by atoms with Crippen molar-refractivity contribution < 1.29 is 19.1 Å². The second kappa shape index (κ2) is 4.70. The first-order chi connectivity index (χ1) is 7.00. The van der Waals surface area contributed by atoms with E-state index in [4.69, 9.17) is 16.7 Å². The fourth-order valence-corrected chi connectivity index (χ4v) is 1.10. The topological polar surface area (TPSA) is 54.4 Å². The first-order valence-corrected chi connectivity index (χ1v) is 4.29. The van der Waals surface area contributed by atoms with E-state index in [-0.39, 0.29) is 10.6 Å². The number of carbonyl (C=O) groups is 2. The van der Waals surface area contributed by atoms with E-state index in [1.165, 1.54) is 6.07 Å². The summed E-state index contributed by atoms with van der Waals surface area (Å²) in [7, 11) is 0. The number of halogens is 2. The highest BCUT2D eigenvalue weighted by Crippen LogP contribution is 2.15. The van der Waals surface area contributed by atoms with Crippen LogP contribution in [0.3, 0.4) is 0 Å². The van der Waals surface area contributed by atoms with Gasteiger partial charge >= 0.3 is 5.97 Å². The van der Waals surface area contributed by atoms with E-state index in [1.807, 2.05) is 0 Å². The van der Waals surface area contributed by atoms with Gasteiger partial charge in [0.1, 0.15) is 5.82 Å². The maximum Gasteiger partial charge on any atom is 0.328 e. The monoisotopic (exact) mass is 228 g/mol. The summed E-state index contributed by atoms with van der Waals surface area (Å²) >= 11 is 5.56. The standard InChI is InChI=1S/C10H6ClFO3/c11-6-1-2-8(12)7(5-6)9(13)3-4-10(14)15/h1-5H,(H,14,15)/b4-3+. The smallest absolute Gasteiger partial charge is 0.328 e. The summed E-state index contributed by atoms with van der Waals surface area (Å²) in [6.07, 6.45) is 1.42. The second-order valence-corrected chi connectivity index (χ2v) is 3.10. The predicted octanol–water partition coefficient (Wildman–Crippen LogP) is 2.30. The van der Waals surface area contributed by atoms with Gasteiger partial charge in [-0.05, 0) is 24.3 Å². The summed E-state index contributed by atoms with van der Waals surface area (Å²) < 4.78 is 13.1. The SMILES string of the molecule is O=C(O)/C=C/C(=O)c1cc(Cl)ccc1F. The Morgan fingerprint density at radius 3 is 2.60 bits per heavy atom. The van der Waals surface area contributed by atoms with Gasteiger partial charge in [-0.2, -0.15) is 0 Å². The number of hydrogen-bond acceptors (Lipinski definition) is 2. The van der Waals surface area contributed by atoms with Gasteiger partial charge in [-0.1, -0.05) is 11.6 Å². The van der Waals surface area contributed by atoms with Crippen molar-refractivity contribution in [3.8, 4) is 0 Å². The largest absolute Gasteiger partial charge is 0.478 e. The van der Waals surface area contributed by atoms with Gasteiger partial charge in [0.15, 0.2) is 5.78 Å². The molecular formula is C10H6ClFO3. The zero-order valence-corrected chi connectivity index (χ0v) is 8.16. The van der Waals surface area contributed by atoms with Crippen LogP contribution in [0.5, 0.6) is 0 Å². The molecule has 0 aliphatic carbocycles. The third kappa shape index (κ3) is 3.18. The van der Waals surface area contributed by atoms with Gasteiger partial charge in [-0.3, -0.25) is 4.79 Å². The molecule has 3 nitrogen and oxygen atoms in total. The molecule has 0 unspecified atom stereocenters. The summed E-state index contributed by atoms with van der Waals surface area (Å²) in [5.41, 5.74) is -0.250. The lowest BCUT2D eigenvalue weighted by atomic mass is 10.1. The van der Waals surface area contributed by atoms with E-state index < -0.39 is 17.6 Å². The van der Waals surface area contributed by atoms with Gasteiger partial charge in [0.2, 0.25) is 0 Å². The van der Waals surface area contributed by atoms with Crippen LogP contribution in [0.1, 0.15) is 10.4 Å². The van der Waals surface area contributed by atoms with E-state index in [0.717, 1.165) is 18.2 Å². The molecule has 0 fully saturated rings. The summed E-state index contributed by atoms with van der Waals surface area (Å²) in [6, 6.07) is 3.49. The third-order valence-corrected chi connectivity index (χ3v) is 1.81. The van der Waals surface area contributed by atoms with Crippen molar-refractivity contribution in [3.63, 3.8) is 0 Å². The fraction of sp³-hybridized carbons (Fsp3) is 0. The lowest BCUT2D eigenvalue weighted by Crippen LogP contribution is -2.00. The number of carboxylic acid groups (broad SMARTS) is 1. The van der Waals surface area contributed by atoms with Gasteiger partial charge in [0.25, 0.3) is 0 Å². The summed E-state index contributed by atoms with van der Waals surface area (Å²) in [6.45, 7) is 0. The maximum absolute atomic E-state index is 13.1. The summed E-state index contributed by atoms with van der Waals surface area (Å²) in [5.74, 6) is -2.75. The Morgan fingerprint density at radius 1 is 1.33 bits per heavy atom. The van der Waals surface area contributed by atoms with Crippen molar-refractivity contribution in [2.45, 2.75) is 0 Å². The van der Waals surface area contributed by atoms with Crippen LogP contribution in [0.2, 0.25) is 5.02 Å². The maximum atomic E-state index is 13.1. The van der Waals surface area contributed by atoms with Gasteiger partial charge in [0, 0.05) is 11.1 Å². The average Bonchev–Trinajstić information content (AvgIpc) is 2.18. The highest BCUT2D eigenvalue weighted by atomic mass is 35.5. The molecule has 0 saturated carbocycles. The Hall–Kier alpha value is -1.68. The quantitative estimate of drug-likeness (QED) is 0.638. The minimum atomic E-state index is -1.27. The van der Waals surface area contributed by atoms with Crippen molar-refractivity contribution in [2.75, 3.05) is 0 Å². The molecule has 1 aromatic rings. The van der Waals surface area contributed by atoms with Gasteiger partial charge in [-0.15, -0.1) is 0 Å². The minimum absolute atomic E-state index is 0.212. The van der Waals surface area contributed by atoms with Crippen LogP contribution in [0.25, 0.3) is 0 Å². The first-order valence-electron chi connectivity index (χ1n) is 3.91. The van der Waals surface area contributed by atoms with E-state index in [1.54, 1.807) is 0 Å². The number of rotatable bonds is 3. The molecule has 0 aromatic heterocycles. The van der Waals surface area contributed by atoms with Crippen LogP contribution in [0, 0.1) is 5.82 Å². The Bertz CT molecular complexity index is 440. The Kier molecular flexibility index (Phi) is 3.57. The Morgan fingerprint density at radius 2 is 2.00 bits per heavy atom. The number of allylic oxidation sites excluding steroid dienone is 1. The van der Waals surface area contributed by atoms with E-state index in [2.05, 4.69) is 0 Å². The molecule has 0 aliphatic rings. The molecule has 0 aliphatic heterocycles. The molecule has 5 heteroatoms. The molecule has 0 spiro atoms. The second-order valence-electron chi connectivity index (χ2n) is 2.66. The molecule has 0 atom stereocenters. The molecule has 0 amide bonds. The van der Waals surface area contributed by atoms with Crippen LogP contribution in [-0.4, -0.2) is 16.9 Å². The van der Waals surface area contributed by atoms with Crippen molar-refractivity contribution in [1.82, 2.24) is 0 Å². The Labute approximate surface area is 89.8 Å². The summed E-state index contributed by atoms with van der Waals surface area (Å²) in [5, 5.41) is 8.49. The number of carbonyl (C=O) groups excluding carboxylic acids is 1. The fourth-order valence-electron chi connectivity index (χ4n) is 0.923. The van der Waals surface area contributed by atoms with Crippen LogP contribution in [0.15, 0.2) is 30.4 Å². The highest BCUT2D eigenvalue weighted by molar-refractivity contribution is 6.31. The molecule has 1 rings (SSSR count). The van der Waals surface area contributed by atoms with E-state index in [9.17, 15) is 14.0 Å². The molecule has 1 N–H and O–H groups in total. The number of carboxylic acids is 1. The molecule has 0 radical (unpaired) electrons. The number of hydrogen-bond donors (Lipinski definition) is 1. The van der Waals surface area contributed by atoms with Crippen LogP contribution < -0.4 is 0 Å². The number of aliphatic carboxylic acids is 1. The van der Waals surface area contributed by atoms with Crippen LogP contribution in [-0.2, 0) is 4.79 Å². The van der Waals surface area contributed by atoms with E-state index >= 15 is 0 Å². The molecule has 15 heavy (non-hydrogen) atoms. The van der Waals surface area contributed by atoms with Crippen LogP contribution >= 0.6 is 11.6 Å². The number of benzene rings is 1. The zero-order valence-electron chi connectivity index (χ0n) is 7.41. The molecule has 0 heterocycles. The van der Waals surface area contributed by atoms with Gasteiger partial charge < -0.3 is 5.11 Å². The normalized spacial score (nSPS) is 10.5. The predicted molar refractivity (Wildman–Crippen MR) is 52.5 cm³/mol. The molecule has 0 saturated heterocycles. The lowest BCUT2D eigenvalue weighted by Gasteiger charge is -1.98. The third-order valence-electron chi connectivity index (χ3n) is 1.57. The molecule has 1 aromatic carbocycles. The molecular weight excluding hydrogens is 223 g/mol. The van der Waals surface area contributed by atoms with Crippen molar-refractivity contribution >= 4 is 23.4 Å². The summed E-state index contributed by atoms with van der Waals surface area (Å²) in [4.78, 5) is 21.4. The highest BCUT2D eigenvalue weighted by Gasteiger charge is 2.09. The van der Waals surface area contributed by atoms with Crippen LogP contribution in [0.4, 0.5) is 4.39 Å². The number of ketones is 1. The van der Waals surface area contributed by atoms with Crippen molar-refractivity contribution in [2.24, 2.45) is 0 Å². The molecule has 78 valence electrons. The molecule has 0 bridgehead atoms. The zero-order chi connectivity index (χ0) is 11.4. The average molecular weight is 229 g/mol. The minimum Gasteiger partial charge on any atom is -0.478 e. The van der Waals surface area contributed by atoms with Gasteiger partial charge in [0.05, 0.1) is 5.56 Å². The van der Waals surface area contributed by atoms with Crippen molar-refractivity contribution in [3.05, 3.63) is 46.8 Å². The lowest BCUT2D eigenvalue weighted by molar-refractivity contribution is -0.131.